The Hall–Kier alpha value is -4.98. The monoisotopic (exact) mass is 588 g/mol. The first-order valence-corrected chi connectivity index (χ1v) is 15.2. The maximum atomic E-state index is 6.51. The number of hydrogen-bond donors (Lipinski definition) is 0. The summed E-state index contributed by atoms with van der Waals surface area (Å²) in [5.74, 6) is 1.80. The molecule has 0 bridgehead atoms. The molecule has 3 heterocycles. The van der Waals surface area contributed by atoms with Gasteiger partial charge < -0.3 is 9.31 Å². The lowest BCUT2D eigenvalue weighted by Gasteiger charge is -2.32. The van der Waals surface area contributed by atoms with Crippen molar-refractivity contribution in [3.05, 3.63) is 128 Å². The number of nitrogens with zero attached hydrogens (tertiary/aromatic N) is 4. The van der Waals surface area contributed by atoms with Crippen LogP contribution in [0.3, 0.4) is 0 Å². The third-order valence-electron chi connectivity index (χ3n) is 8.62. The fourth-order valence-electron chi connectivity index (χ4n) is 5.37. The summed E-state index contributed by atoms with van der Waals surface area (Å²) in [6.45, 7) is 8.27. The fourth-order valence-corrected chi connectivity index (χ4v) is 5.37. The molecule has 0 radical (unpaired) electrons. The van der Waals surface area contributed by atoms with Crippen molar-refractivity contribution in [2.75, 3.05) is 0 Å². The Balaban J connectivity index is 1.38. The molecule has 7 rings (SSSR count). The van der Waals surface area contributed by atoms with Gasteiger partial charge in [-0.15, -0.1) is 0 Å². The van der Waals surface area contributed by atoms with Crippen LogP contribution in [-0.4, -0.2) is 38.3 Å². The number of rotatable bonds is 6. The minimum Gasteiger partial charge on any atom is -0.399 e. The van der Waals surface area contributed by atoms with Gasteiger partial charge in [0.15, 0.2) is 17.5 Å². The van der Waals surface area contributed by atoms with Gasteiger partial charge in [0.1, 0.15) is 0 Å². The molecule has 0 spiro atoms. The molecule has 220 valence electrons. The third-order valence-corrected chi connectivity index (χ3v) is 8.62. The van der Waals surface area contributed by atoms with Gasteiger partial charge in [0, 0.05) is 28.5 Å². The Bertz CT molecular complexity index is 1870. The molecule has 0 amide bonds. The lowest BCUT2D eigenvalue weighted by molar-refractivity contribution is 0.00578. The van der Waals surface area contributed by atoms with Crippen LogP contribution in [0.2, 0.25) is 0 Å². The van der Waals surface area contributed by atoms with Gasteiger partial charge in [-0.3, -0.25) is 4.98 Å². The second-order valence-electron chi connectivity index (χ2n) is 12.3. The summed E-state index contributed by atoms with van der Waals surface area (Å²) in [6.07, 6.45) is 1.81. The Morgan fingerprint density at radius 3 is 1.49 bits per heavy atom. The van der Waals surface area contributed by atoms with Crippen LogP contribution in [-0.2, 0) is 9.31 Å². The Kier molecular flexibility index (Phi) is 7.36. The van der Waals surface area contributed by atoms with Crippen LogP contribution in [0.25, 0.3) is 56.5 Å². The fraction of sp³-hybridized carbons (Fsp3) is 0.158. The summed E-state index contributed by atoms with van der Waals surface area (Å²) in [5.41, 5.74) is 6.68. The average Bonchev–Trinajstić information content (AvgIpc) is 3.31. The highest BCUT2D eigenvalue weighted by Crippen LogP contribution is 2.37. The predicted octanol–water partition coefficient (Wildman–Crippen LogP) is 7.90. The van der Waals surface area contributed by atoms with Crippen molar-refractivity contribution in [2.45, 2.75) is 38.9 Å². The van der Waals surface area contributed by atoms with Gasteiger partial charge in [-0.05, 0) is 62.5 Å². The van der Waals surface area contributed by atoms with Crippen molar-refractivity contribution in [3.8, 4) is 56.5 Å². The van der Waals surface area contributed by atoms with E-state index in [9.17, 15) is 0 Å². The van der Waals surface area contributed by atoms with Crippen LogP contribution < -0.4 is 5.46 Å². The normalized spacial score (nSPS) is 15.2. The molecule has 6 nitrogen and oxygen atoms in total. The molecule has 2 aromatic heterocycles. The average molecular weight is 589 g/mol. The molecule has 0 N–H and O–H groups in total. The molecule has 45 heavy (non-hydrogen) atoms. The van der Waals surface area contributed by atoms with Crippen molar-refractivity contribution >= 4 is 12.6 Å². The standard InChI is InChI=1S/C38H33BN4O2/c1-37(2)38(3,4)45-39(44-37)32-24-30(26-18-20-27(21-19-26)33-17-11-12-22-40-33)23-31(25-32)36-42-34(28-13-7-5-8-14-28)41-35(43-36)29-15-9-6-10-16-29/h5-25H,1-4H3. The van der Waals surface area contributed by atoms with Gasteiger partial charge in [0.25, 0.3) is 0 Å². The van der Waals surface area contributed by atoms with Gasteiger partial charge in [0.2, 0.25) is 0 Å². The van der Waals surface area contributed by atoms with Gasteiger partial charge in [0.05, 0.1) is 16.9 Å². The van der Waals surface area contributed by atoms with Gasteiger partial charge >= 0.3 is 7.12 Å². The Morgan fingerprint density at radius 1 is 0.467 bits per heavy atom. The first kappa shape index (κ1) is 28.8. The van der Waals surface area contributed by atoms with E-state index in [0.29, 0.717) is 17.5 Å². The molecule has 1 aliphatic heterocycles. The van der Waals surface area contributed by atoms with Crippen molar-refractivity contribution in [1.29, 1.82) is 0 Å². The van der Waals surface area contributed by atoms with E-state index in [1.54, 1.807) is 0 Å². The summed E-state index contributed by atoms with van der Waals surface area (Å²) in [5, 5.41) is 0. The quantitative estimate of drug-likeness (QED) is 0.184. The van der Waals surface area contributed by atoms with E-state index in [2.05, 4.69) is 75.1 Å². The zero-order chi connectivity index (χ0) is 31.0. The van der Waals surface area contributed by atoms with Crippen LogP contribution in [0.15, 0.2) is 128 Å². The topological polar surface area (TPSA) is 70.0 Å². The summed E-state index contributed by atoms with van der Waals surface area (Å²) in [4.78, 5) is 19.4. The van der Waals surface area contributed by atoms with Crippen LogP contribution >= 0.6 is 0 Å². The lowest BCUT2D eigenvalue weighted by atomic mass is 9.77. The van der Waals surface area contributed by atoms with E-state index in [4.69, 9.17) is 24.3 Å². The number of hydrogen-bond acceptors (Lipinski definition) is 6. The summed E-state index contributed by atoms with van der Waals surface area (Å²) < 4.78 is 13.0. The van der Waals surface area contributed by atoms with E-state index >= 15 is 0 Å². The SMILES string of the molecule is CC1(C)OB(c2cc(-c3ccc(-c4ccccn4)cc3)cc(-c3nc(-c4ccccc4)nc(-c4ccccc4)n3)c2)OC1(C)C. The molecule has 4 aromatic carbocycles. The highest BCUT2D eigenvalue weighted by Gasteiger charge is 2.51. The van der Waals surface area contributed by atoms with E-state index in [1.165, 1.54) is 0 Å². The zero-order valence-corrected chi connectivity index (χ0v) is 25.8. The van der Waals surface area contributed by atoms with E-state index in [-0.39, 0.29) is 0 Å². The van der Waals surface area contributed by atoms with Crippen molar-refractivity contribution in [3.63, 3.8) is 0 Å². The zero-order valence-electron chi connectivity index (χ0n) is 25.8. The molecular weight excluding hydrogens is 555 g/mol. The number of pyridine rings is 1. The van der Waals surface area contributed by atoms with Crippen LogP contribution in [0.5, 0.6) is 0 Å². The second kappa shape index (κ2) is 11.5. The first-order chi connectivity index (χ1) is 21.8. The molecule has 1 fully saturated rings. The van der Waals surface area contributed by atoms with Gasteiger partial charge in [-0.25, -0.2) is 15.0 Å². The van der Waals surface area contributed by atoms with Crippen molar-refractivity contribution in [2.24, 2.45) is 0 Å². The minimum atomic E-state index is -0.550. The maximum Gasteiger partial charge on any atom is 0.494 e. The molecule has 7 heteroatoms. The van der Waals surface area contributed by atoms with Gasteiger partial charge in [-0.1, -0.05) is 103 Å². The summed E-state index contributed by atoms with van der Waals surface area (Å²) in [6, 6.07) is 40.7. The summed E-state index contributed by atoms with van der Waals surface area (Å²) >= 11 is 0. The second-order valence-corrected chi connectivity index (χ2v) is 12.3. The Morgan fingerprint density at radius 2 is 0.956 bits per heavy atom. The van der Waals surface area contributed by atoms with Crippen molar-refractivity contribution in [1.82, 2.24) is 19.9 Å². The largest absolute Gasteiger partial charge is 0.494 e. The molecule has 6 aromatic rings. The predicted molar refractivity (Wildman–Crippen MR) is 181 cm³/mol. The molecule has 0 atom stereocenters. The van der Waals surface area contributed by atoms with E-state index in [0.717, 1.165) is 44.5 Å². The highest BCUT2D eigenvalue weighted by atomic mass is 16.7. The van der Waals surface area contributed by atoms with Crippen LogP contribution in [0, 0.1) is 0 Å². The third kappa shape index (κ3) is 5.80. The lowest BCUT2D eigenvalue weighted by Crippen LogP contribution is -2.41. The molecule has 0 unspecified atom stereocenters. The summed E-state index contributed by atoms with van der Waals surface area (Å²) in [7, 11) is -0.550. The van der Waals surface area contributed by atoms with Crippen LogP contribution in [0.4, 0.5) is 0 Å². The van der Waals surface area contributed by atoms with E-state index < -0.39 is 18.3 Å². The molecule has 0 saturated carbocycles. The highest BCUT2D eigenvalue weighted by molar-refractivity contribution is 6.62. The molecule has 1 aliphatic rings. The van der Waals surface area contributed by atoms with E-state index in [1.807, 2.05) is 85.1 Å². The molecular formula is C38H33BN4O2. The molecule has 0 aliphatic carbocycles. The smallest absolute Gasteiger partial charge is 0.399 e. The first-order valence-electron chi connectivity index (χ1n) is 15.2. The Labute approximate surface area is 264 Å². The van der Waals surface area contributed by atoms with Crippen LogP contribution in [0.1, 0.15) is 27.7 Å². The van der Waals surface area contributed by atoms with Gasteiger partial charge in [-0.2, -0.15) is 0 Å². The number of aromatic nitrogens is 4. The maximum absolute atomic E-state index is 6.51. The molecule has 1 saturated heterocycles. The number of benzene rings is 4. The minimum absolute atomic E-state index is 0.480. The van der Waals surface area contributed by atoms with Crippen molar-refractivity contribution < 1.29 is 9.31 Å².